The number of ether oxygens (including phenoxy) is 2. The highest BCUT2D eigenvalue weighted by Crippen LogP contribution is 2.71. The van der Waals surface area contributed by atoms with Gasteiger partial charge in [-0.05, 0) is 85.1 Å². The molecule has 6 rings (SSSR count). The minimum Gasteiger partial charge on any atom is -0.508 e. The average molecular weight is 659 g/mol. The molecule has 5 aliphatic rings. The molecule has 14 atom stereocenters. The molecule has 14 unspecified atom stereocenters. The molecule has 10 heteroatoms. The molecule has 0 bridgehead atoms. The average Bonchev–Trinajstić information content (AvgIpc) is 3.39. The summed E-state index contributed by atoms with van der Waals surface area (Å²) in [5.74, 6) is -2.83. The van der Waals surface area contributed by atoms with Crippen LogP contribution in [-0.4, -0.2) is 96.5 Å². The summed E-state index contributed by atoms with van der Waals surface area (Å²) in [7, 11) is 0. The standard InChI is InChI=1S/C37H54O10/c1-18(2)19(3)30(42)33-36(6,44)32-27(47-33)17-37(45)24-15-25(41)29-28(20-12-21(39)14-22(40)13-20)31(43)26(46-11-7-10-38)16-34(29,4)23(24)8-9-35(32,37)5/h12-15,18-19,23,26-33,38-40,42-45H,7-11,16-17H2,1-6H3. The van der Waals surface area contributed by atoms with E-state index in [4.69, 9.17) is 9.47 Å². The van der Waals surface area contributed by atoms with Crippen molar-refractivity contribution < 1.29 is 50.0 Å². The summed E-state index contributed by atoms with van der Waals surface area (Å²) in [5, 5.41) is 78.2. The summed E-state index contributed by atoms with van der Waals surface area (Å²) in [5.41, 5.74) is -3.45. The van der Waals surface area contributed by atoms with E-state index in [2.05, 4.69) is 0 Å². The van der Waals surface area contributed by atoms with Crippen LogP contribution >= 0.6 is 0 Å². The number of hydrogen-bond acceptors (Lipinski definition) is 10. The number of ketones is 1. The van der Waals surface area contributed by atoms with Gasteiger partial charge in [-0.3, -0.25) is 4.79 Å². The van der Waals surface area contributed by atoms with Crippen molar-refractivity contribution in [1.82, 2.24) is 0 Å². The van der Waals surface area contributed by atoms with Gasteiger partial charge in [-0.2, -0.15) is 0 Å². The topological polar surface area (TPSA) is 177 Å². The molecule has 4 fully saturated rings. The lowest BCUT2D eigenvalue weighted by atomic mass is 9.43. The van der Waals surface area contributed by atoms with Crippen LogP contribution in [0.1, 0.15) is 85.1 Å². The number of phenols is 2. The zero-order valence-electron chi connectivity index (χ0n) is 28.5. The number of aliphatic hydroxyl groups excluding tert-OH is 3. The lowest BCUT2D eigenvalue weighted by Gasteiger charge is -2.62. The van der Waals surface area contributed by atoms with Gasteiger partial charge in [0, 0.05) is 48.9 Å². The number of carbonyl (C=O) groups is 1. The van der Waals surface area contributed by atoms with E-state index in [1.807, 2.05) is 34.6 Å². The summed E-state index contributed by atoms with van der Waals surface area (Å²) >= 11 is 0. The molecule has 1 saturated heterocycles. The third-order valence-electron chi connectivity index (χ3n) is 13.5. The second-order valence-electron chi connectivity index (χ2n) is 16.4. The number of rotatable bonds is 8. The molecule has 1 aromatic rings. The van der Waals surface area contributed by atoms with Crippen molar-refractivity contribution in [2.45, 2.75) is 121 Å². The molecular weight excluding hydrogens is 604 g/mol. The molecule has 3 saturated carbocycles. The first-order chi connectivity index (χ1) is 21.9. The molecule has 4 aliphatic carbocycles. The molecule has 0 spiro atoms. The highest BCUT2D eigenvalue weighted by molar-refractivity contribution is 5.96. The molecule has 0 amide bonds. The minimum atomic E-state index is -1.46. The molecule has 1 aliphatic heterocycles. The maximum Gasteiger partial charge on any atom is 0.160 e. The summed E-state index contributed by atoms with van der Waals surface area (Å²) in [6, 6.07) is 4.13. The zero-order chi connectivity index (χ0) is 34.4. The minimum absolute atomic E-state index is 0.0748. The van der Waals surface area contributed by atoms with Crippen LogP contribution in [0.5, 0.6) is 11.5 Å². The molecule has 1 aromatic carbocycles. The molecular formula is C37H54O10. The van der Waals surface area contributed by atoms with Crippen LogP contribution in [0, 0.1) is 40.4 Å². The Kier molecular flexibility index (Phi) is 8.72. The van der Waals surface area contributed by atoms with Crippen LogP contribution in [0.3, 0.4) is 0 Å². The van der Waals surface area contributed by atoms with E-state index in [1.54, 1.807) is 13.0 Å². The van der Waals surface area contributed by atoms with Crippen LogP contribution in [0.15, 0.2) is 29.8 Å². The van der Waals surface area contributed by atoms with Crippen LogP contribution in [0.4, 0.5) is 0 Å². The van der Waals surface area contributed by atoms with Crippen molar-refractivity contribution in [3.8, 4) is 11.5 Å². The Morgan fingerprint density at radius 1 is 1.04 bits per heavy atom. The monoisotopic (exact) mass is 658 g/mol. The maximum atomic E-state index is 14.4. The van der Waals surface area contributed by atoms with Crippen LogP contribution in [0.25, 0.3) is 0 Å². The van der Waals surface area contributed by atoms with Gasteiger partial charge in [-0.1, -0.05) is 34.6 Å². The molecule has 10 nitrogen and oxygen atoms in total. The Morgan fingerprint density at radius 3 is 2.32 bits per heavy atom. The number of allylic oxidation sites excluding steroid dienone is 1. The molecule has 262 valence electrons. The van der Waals surface area contributed by atoms with Gasteiger partial charge in [0.2, 0.25) is 0 Å². The van der Waals surface area contributed by atoms with Crippen LogP contribution in [0.2, 0.25) is 0 Å². The number of aliphatic hydroxyl groups is 5. The first-order valence-electron chi connectivity index (χ1n) is 17.4. The summed E-state index contributed by atoms with van der Waals surface area (Å²) in [6.07, 6.45) is -0.452. The predicted molar refractivity (Wildman–Crippen MR) is 172 cm³/mol. The Morgan fingerprint density at radius 2 is 1.70 bits per heavy atom. The number of fused-ring (bicyclic) bond motifs is 7. The van der Waals surface area contributed by atoms with Gasteiger partial charge < -0.3 is 45.2 Å². The van der Waals surface area contributed by atoms with E-state index in [0.29, 0.717) is 36.8 Å². The van der Waals surface area contributed by atoms with Crippen molar-refractivity contribution in [2.24, 2.45) is 40.4 Å². The third kappa shape index (κ3) is 5.03. The quantitative estimate of drug-likeness (QED) is 0.205. The number of aromatic hydroxyl groups is 2. The number of carbonyl (C=O) groups excluding carboxylic acids is 1. The van der Waals surface area contributed by atoms with Gasteiger partial charge in [0.15, 0.2) is 5.78 Å². The largest absolute Gasteiger partial charge is 0.508 e. The summed E-state index contributed by atoms with van der Waals surface area (Å²) in [6.45, 7) is 11.9. The summed E-state index contributed by atoms with van der Waals surface area (Å²) in [4.78, 5) is 14.4. The van der Waals surface area contributed by atoms with Crippen molar-refractivity contribution >= 4 is 5.78 Å². The first kappa shape index (κ1) is 34.8. The second-order valence-corrected chi connectivity index (χ2v) is 16.4. The van der Waals surface area contributed by atoms with Gasteiger partial charge in [0.25, 0.3) is 0 Å². The van der Waals surface area contributed by atoms with E-state index >= 15 is 0 Å². The Hall–Kier alpha value is -2.05. The van der Waals surface area contributed by atoms with E-state index in [-0.39, 0.29) is 54.7 Å². The fraction of sp³-hybridized carbons (Fsp3) is 0.757. The van der Waals surface area contributed by atoms with E-state index in [1.165, 1.54) is 18.2 Å². The molecule has 47 heavy (non-hydrogen) atoms. The lowest BCUT2D eigenvalue weighted by Crippen LogP contribution is -2.64. The van der Waals surface area contributed by atoms with Crippen LogP contribution in [-0.2, 0) is 14.3 Å². The fourth-order valence-electron chi connectivity index (χ4n) is 10.9. The second kappa shape index (κ2) is 11.8. The maximum absolute atomic E-state index is 14.4. The highest BCUT2D eigenvalue weighted by Gasteiger charge is 2.75. The first-order valence-corrected chi connectivity index (χ1v) is 17.4. The van der Waals surface area contributed by atoms with Crippen molar-refractivity contribution in [2.75, 3.05) is 13.2 Å². The SMILES string of the molecule is CC(C)C(C)C(O)C1OC2CC3(O)C4=CC(=O)C5C(c6cc(O)cc(O)c6)C(O)C(OCCCO)CC5(C)C4CCC3(C)C2C1(C)O. The Labute approximate surface area is 277 Å². The van der Waals surface area contributed by atoms with Crippen molar-refractivity contribution in [1.29, 1.82) is 0 Å². The van der Waals surface area contributed by atoms with Gasteiger partial charge in [0.1, 0.15) is 17.6 Å². The Bertz CT molecular complexity index is 1390. The predicted octanol–water partition coefficient (Wildman–Crippen LogP) is 3.18. The number of benzene rings is 1. The van der Waals surface area contributed by atoms with E-state index in [0.717, 1.165) is 0 Å². The van der Waals surface area contributed by atoms with Gasteiger partial charge in [-0.15, -0.1) is 0 Å². The third-order valence-corrected chi connectivity index (χ3v) is 13.5. The van der Waals surface area contributed by atoms with Crippen LogP contribution < -0.4 is 0 Å². The zero-order valence-corrected chi connectivity index (χ0v) is 28.5. The van der Waals surface area contributed by atoms with Gasteiger partial charge >= 0.3 is 0 Å². The fourth-order valence-corrected chi connectivity index (χ4v) is 10.9. The molecule has 7 N–H and O–H groups in total. The summed E-state index contributed by atoms with van der Waals surface area (Å²) < 4.78 is 12.6. The van der Waals surface area contributed by atoms with Crippen molar-refractivity contribution in [3.05, 3.63) is 35.4 Å². The van der Waals surface area contributed by atoms with Gasteiger partial charge in [0.05, 0.1) is 35.6 Å². The van der Waals surface area contributed by atoms with E-state index in [9.17, 15) is 40.5 Å². The molecule has 1 heterocycles. The molecule has 0 radical (unpaired) electrons. The molecule has 0 aromatic heterocycles. The number of phenolic OH excluding ortho intramolecular Hbond substituents is 2. The number of hydrogen-bond donors (Lipinski definition) is 7. The van der Waals surface area contributed by atoms with E-state index < -0.39 is 70.3 Å². The van der Waals surface area contributed by atoms with Gasteiger partial charge in [-0.25, -0.2) is 0 Å². The normalized spacial score (nSPS) is 45.5. The highest BCUT2D eigenvalue weighted by atomic mass is 16.5. The Balaban J connectivity index is 1.40. The lowest BCUT2D eigenvalue weighted by molar-refractivity contribution is -0.181. The smallest absolute Gasteiger partial charge is 0.160 e. The van der Waals surface area contributed by atoms with Crippen molar-refractivity contribution in [3.63, 3.8) is 0 Å².